The zero-order valence-corrected chi connectivity index (χ0v) is 10.5. The lowest BCUT2D eigenvalue weighted by atomic mass is 9.90. The third-order valence-electron chi connectivity index (χ3n) is 3.35. The van der Waals surface area contributed by atoms with Crippen LogP contribution in [0.25, 0.3) is 0 Å². The van der Waals surface area contributed by atoms with Crippen LogP contribution in [0.3, 0.4) is 0 Å². The Hall–Kier alpha value is -0.530. The molecule has 0 saturated carbocycles. The molecule has 2 nitrogen and oxygen atoms in total. The minimum absolute atomic E-state index is 0.333. The molecule has 0 amide bonds. The van der Waals surface area contributed by atoms with Crippen LogP contribution in [0.15, 0.2) is 0 Å². The lowest BCUT2D eigenvalue weighted by Gasteiger charge is -2.16. The first-order valence-electron chi connectivity index (χ1n) is 6.31. The van der Waals surface area contributed by atoms with E-state index < -0.39 is 5.97 Å². The molecule has 0 rings (SSSR count). The predicted octanol–water partition coefficient (Wildman–Crippen LogP) is 4.09. The molecule has 0 aliphatic rings. The highest BCUT2D eigenvalue weighted by Gasteiger charge is 2.09. The van der Waals surface area contributed by atoms with Crippen LogP contribution >= 0.6 is 0 Å². The molecule has 2 heteroatoms. The standard InChI is InChI=1S/C13H26O2/c1-4-11(3)9-10-12(5-2)7-6-8-13(14)15/h11-12H,4-10H2,1-3H3,(H,14,15). The number of hydrogen-bond donors (Lipinski definition) is 1. The number of carbonyl (C=O) groups is 1. The monoisotopic (exact) mass is 214 g/mol. The minimum atomic E-state index is -0.660. The van der Waals surface area contributed by atoms with Gasteiger partial charge in [0.2, 0.25) is 0 Å². The minimum Gasteiger partial charge on any atom is -0.481 e. The number of aliphatic carboxylic acids is 1. The SMILES string of the molecule is CCC(C)CCC(CC)CCCC(=O)O. The molecule has 0 aromatic heterocycles. The van der Waals surface area contributed by atoms with E-state index in [9.17, 15) is 4.79 Å². The van der Waals surface area contributed by atoms with Gasteiger partial charge in [-0.2, -0.15) is 0 Å². The molecule has 0 aromatic rings. The molecule has 0 fully saturated rings. The van der Waals surface area contributed by atoms with Crippen molar-refractivity contribution in [2.75, 3.05) is 0 Å². The molecule has 0 heterocycles. The molecule has 90 valence electrons. The summed E-state index contributed by atoms with van der Waals surface area (Å²) in [5.74, 6) is 0.892. The second-order valence-electron chi connectivity index (χ2n) is 4.65. The number of hydrogen-bond acceptors (Lipinski definition) is 1. The summed E-state index contributed by atoms with van der Waals surface area (Å²) in [4.78, 5) is 10.4. The first kappa shape index (κ1) is 14.5. The Balaban J connectivity index is 3.59. The zero-order chi connectivity index (χ0) is 11.7. The van der Waals surface area contributed by atoms with Gasteiger partial charge in [0.15, 0.2) is 0 Å². The summed E-state index contributed by atoms with van der Waals surface area (Å²) < 4.78 is 0. The van der Waals surface area contributed by atoms with E-state index in [4.69, 9.17) is 5.11 Å². The van der Waals surface area contributed by atoms with E-state index in [-0.39, 0.29) is 0 Å². The third kappa shape index (κ3) is 8.46. The van der Waals surface area contributed by atoms with Crippen molar-refractivity contribution in [2.24, 2.45) is 11.8 Å². The summed E-state index contributed by atoms with van der Waals surface area (Å²) in [6.45, 7) is 6.74. The Labute approximate surface area is 94.1 Å². The van der Waals surface area contributed by atoms with Gasteiger partial charge in [-0.1, -0.05) is 46.5 Å². The van der Waals surface area contributed by atoms with Gasteiger partial charge < -0.3 is 5.11 Å². The van der Waals surface area contributed by atoms with Crippen molar-refractivity contribution in [1.82, 2.24) is 0 Å². The van der Waals surface area contributed by atoms with Gasteiger partial charge in [0.1, 0.15) is 0 Å². The maximum absolute atomic E-state index is 10.4. The molecule has 1 N–H and O–H groups in total. The van der Waals surface area contributed by atoms with Crippen LogP contribution in [0, 0.1) is 11.8 Å². The summed E-state index contributed by atoms with van der Waals surface area (Å²) in [5.41, 5.74) is 0. The Morgan fingerprint density at radius 2 is 1.80 bits per heavy atom. The molecule has 0 aromatic carbocycles. The van der Waals surface area contributed by atoms with Crippen molar-refractivity contribution in [3.63, 3.8) is 0 Å². The normalized spacial score (nSPS) is 14.9. The van der Waals surface area contributed by atoms with Crippen molar-refractivity contribution >= 4 is 5.97 Å². The second-order valence-corrected chi connectivity index (χ2v) is 4.65. The van der Waals surface area contributed by atoms with Crippen LogP contribution in [0.4, 0.5) is 0 Å². The van der Waals surface area contributed by atoms with E-state index in [1.54, 1.807) is 0 Å². The molecule has 15 heavy (non-hydrogen) atoms. The average molecular weight is 214 g/mol. The predicted molar refractivity (Wildman–Crippen MR) is 64.0 cm³/mol. The van der Waals surface area contributed by atoms with Crippen molar-refractivity contribution in [2.45, 2.75) is 65.7 Å². The van der Waals surface area contributed by atoms with E-state index in [0.29, 0.717) is 6.42 Å². The van der Waals surface area contributed by atoms with Crippen LogP contribution in [-0.4, -0.2) is 11.1 Å². The number of rotatable bonds is 9. The van der Waals surface area contributed by atoms with Gasteiger partial charge in [-0.25, -0.2) is 0 Å². The van der Waals surface area contributed by atoms with Crippen LogP contribution in [0.5, 0.6) is 0 Å². The molecule has 2 unspecified atom stereocenters. The van der Waals surface area contributed by atoms with Crippen molar-refractivity contribution in [3.8, 4) is 0 Å². The lowest BCUT2D eigenvalue weighted by Crippen LogP contribution is -2.04. The van der Waals surface area contributed by atoms with Gasteiger partial charge >= 0.3 is 5.97 Å². The maximum Gasteiger partial charge on any atom is 0.303 e. The fourth-order valence-corrected chi connectivity index (χ4v) is 1.82. The molecule has 0 spiro atoms. The summed E-state index contributed by atoms with van der Waals surface area (Å²) in [6, 6.07) is 0. The first-order chi connectivity index (χ1) is 7.10. The molecular weight excluding hydrogens is 188 g/mol. The Kier molecular flexibility index (Phi) is 8.44. The van der Waals surface area contributed by atoms with E-state index in [1.165, 1.54) is 25.7 Å². The van der Waals surface area contributed by atoms with Crippen molar-refractivity contribution < 1.29 is 9.90 Å². The van der Waals surface area contributed by atoms with Crippen LogP contribution < -0.4 is 0 Å². The summed E-state index contributed by atoms with van der Waals surface area (Å²) in [5, 5.41) is 8.56. The highest BCUT2D eigenvalue weighted by atomic mass is 16.4. The van der Waals surface area contributed by atoms with E-state index in [2.05, 4.69) is 20.8 Å². The van der Waals surface area contributed by atoms with Crippen LogP contribution in [-0.2, 0) is 4.79 Å². The largest absolute Gasteiger partial charge is 0.481 e. The van der Waals surface area contributed by atoms with E-state index >= 15 is 0 Å². The molecule has 0 aliphatic heterocycles. The Morgan fingerprint density at radius 1 is 1.13 bits per heavy atom. The van der Waals surface area contributed by atoms with Crippen LogP contribution in [0.1, 0.15) is 65.7 Å². The highest BCUT2D eigenvalue weighted by Crippen LogP contribution is 2.22. The summed E-state index contributed by atoms with van der Waals surface area (Å²) in [6.07, 6.45) is 7.27. The summed E-state index contributed by atoms with van der Waals surface area (Å²) >= 11 is 0. The average Bonchev–Trinajstić information content (AvgIpc) is 2.22. The van der Waals surface area contributed by atoms with Gasteiger partial charge in [0.05, 0.1) is 0 Å². The van der Waals surface area contributed by atoms with Gasteiger partial charge in [-0.3, -0.25) is 4.79 Å². The zero-order valence-electron chi connectivity index (χ0n) is 10.5. The Bertz CT molecular complexity index is 166. The third-order valence-corrected chi connectivity index (χ3v) is 3.35. The van der Waals surface area contributed by atoms with Crippen molar-refractivity contribution in [3.05, 3.63) is 0 Å². The maximum atomic E-state index is 10.4. The molecule has 0 bridgehead atoms. The van der Waals surface area contributed by atoms with Gasteiger partial charge in [0.25, 0.3) is 0 Å². The van der Waals surface area contributed by atoms with E-state index in [0.717, 1.165) is 24.7 Å². The van der Waals surface area contributed by atoms with Crippen molar-refractivity contribution in [1.29, 1.82) is 0 Å². The smallest absolute Gasteiger partial charge is 0.303 e. The fourth-order valence-electron chi connectivity index (χ4n) is 1.82. The fraction of sp³-hybridized carbons (Fsp3) is 0.923. The molecule has 0 radical (unpaired) electrons. The lowest BCUT2D eigenvalue weighted by molar-refractivity contribution is -0.137. The van der Waals surface area contributed by atoms with Gasteiger partial charge in [-0.15, -0.1) is 0 Å². The van der Waals surface area contributed by atoms with E-state index in [1.807, 2.05) is 0 Å². The first-order valence-corrected chi connectivity index (χ1v) is 6.31. The molecule has 0 aliphatic carbocycles. The Morgan fingerprint density at radius 3 is 2.27 bits per heavy atom. The van der Waals surface area contributed by atoms with Crippen LogP contribution in [0.2, 0.25) is 0 Å². The quantitative estimate of drug-likeness (QED) is 0.627. The highest BCUT2D eigenvalue weighted by molar-refractivity contribution is 5.66. The van der Waals surface area contributed by atoms with Gasteiger partial charge in [-0.05, 0) is 24.7 Å². The molecular formula is C13H26O2. The number of carboxylic acids is 1. The second kappa shape index (κ2) is 8.75. The molecule has 0 saturated heterocycles. The number of carboxylic acid groups (broad SMARTS) is 1. The topological polar surface area (TPSA) is 37.3 Å². The molecule has 2 atom stereocenters. The summed E-state index contributed by atoms with van der Waals surface area (Å²) in [7, 11) is 0. The van der Waals surface area contributed by atoms with Gasteiger partial charge in [0, 0.05) is 6.42 Å².